The third kappa shape index (κ3) is 8.73. The number of likely N-dealkylation sites (tertiary alicyclic amines) is 1. The Balaban J connectivity index is 1.69. The highest BCUT2D eigenvalue weighted by Gasteiger charge is 2.29. The number of nitro groups is 2. The Bertz CT molecular complexity index is 1570. The normalized spacial score (nSPS) is 12.4. The lowest BCUT2D eigenvalue weighted by atomic mass is 9.97. The van der Waals surface area contributed by atoms with Gasteiger partial charge in [-0.1, -0.05) is 24.0 Å². The van der Waals surface area contributed by atoms with E-state index in [0.29, 0.717) is 19.5 Å². The van der Waals surface area contributed by atoms with Crippen LogP contribution in [0.4, 0.5) is 27.5 Å². The molecule has 2 aromatic carbocycles. The summed E-state index contributed by atoms with van der Waals surface area (Å²) in [4.78, 5) is 57.8. The Hall–Kier alpha value is -6.05. The molecule has 2 aromatic rings. The van der Waals surface area contributed by atoms with Gasteiger partial charge in [0.2, 0.25) is 5.91 Å². The Morgan fingerprint density at radius 2 is 1.53 bits per heavy atom. The first kappa shape index (κ1) is 33.5. The number of ether oxygens (including phenoxy) is 3. The summed E-state index contributed by atoms with van der Waals surface area (Å²) in [6.45, 7) is 0.729. The molecule has 45 heavy (non-hydrogen) atoms. The van der Waals surface area contributed by atoms with E-state index in [0.717, 1.165) is 19.2 Å². The number of benzene rings is 2. The minimum atomic E-state index is -0.986. The van der Waals surface area contributed by atoms with Gasteiger partial charge in [-0.15, -0.1) is 0 Å². The number of amides is 2. The van der Waals surface area contributed by atoms with Gasteiger partial charge in [0.1, 0.15) is 12.4 Å². The predicted octanol–water partition coefficient (Wildman–Crippen LogP) is 2.86. The maximum Gasteiger partial charge on any atom is 0.407 e. The largest absolute Gasteiger partial charge is 0.494 e. The molecule has 1 aliphatic heterocycles. The van der Waals surface area contributed by atoms with Crippen molar-refractivity contribution in [1.29, 1.82) is 0 Å². The van der Waals surface area contributed by atoms with Crippen LogP contribution in [0.3, 0.4) is 0 Å². The van der Waals surface area contributed by atoms with Crippen LogP contribution >= 0.6 is 0 Å². The number of methoxy groups -OCH3 is 2. The third-order valence-corrected chi connectivity index (χ3v) is 6.48. The monoisotopic (exact) mass is 626 g/mol. The molecule has 17 nitrogen and oxygen atoms in total. The van der Waals surface area contributed by atoms with Gasteiger partial charge in [0, 0.05) is 56.2 Å². The van der Waals surface area contributed by atoms with E-state index in [-0.39, 0.29) is 59.6 Å². The molecule has 17 heteroatoms. The molecular weight excluding hydrogens is 596 g/mol. The lowest BCUT2D eigenvalue weighted by Gasteiger charge is -2.35. The molecule has 0 radical (unpaired) electrons. The summed E-state index contributed by atoms with van der Waals surface area (Å²) in [5.41, 5.74) is 4.26. The van der Waals surface area contributed by atoms with E-state index >= 15 is 0 Å². The Kier molecular flexibility index (Phi) is 11.5. The molecule has 1 heterocycles. The average molecular weight is 627 g/mol. The molecule has 1 aliphatic rings. The van der Waals surface area contributed by atoms with Crippen LogP contribution < -0.4 is 25.8 Å². The molecule has 3 rings (SSSR count). The number of hydrogen-bond acceptors (Lipinski definition) is 12. The van der Waals surface area contributed by atoms with Gasteiger partial charge in [-0.25, -0.2) is 9.59 Å². The summed E-state index contributed by atoms with van der Waals surface area (Å²) in [5, 5.41) is 38.1. The fourth-order valence-corrected chi connectivity index (χ4v) is 4.22. The summed E-state index contributed by atoms with van der Waals surface area (Å²) in [6, 6.07) is 4.63. The standard InChI is InChI=1S/C28H30N6O11/c1-43-22-14-19(27(36)44-2)12-21(34(41)42)24(22)30-8-4-5-9-31-25-20(33(39)40)11-18(26(29)35)13-23(25)45-10-6-3-7-17-15-32(16-17)28(37)38/h4-5,11-14,17,30-31H,7-10,15-16H2,1-2H3,(H2,29,35)(H,37,38)/b5-4+. The van der Waals surface area contributed by atoms with Crippen molar-refractivity contribution in [2.45, 2.75) is 6.42 Å². The van der Waals surface area contributed by atoms with Gasteiger partial charge >= 0.3 is 12.1 Å². The highest BCUT2D eigenvalue weighted by Crippen LogP contribution is 2.37. The summed E-state index contributed by atoms with van der Waals surface area (Å²) in [7, 11) is 2.43. The summed E-state index contributed by atoms with van der Waals surface area (Å²) >= 11 is 0. The van der Waals surface area contributed by atoms with E-state index < -0.39 is 39.2 Å². The highest BCUT2D eigenvalue weighted by molar-refractivity contribution is 5.96. The molecule has 238 valence electrons. The number of hydrogen-bond donors (Lipinski definition) is 4. The predicted molar refractivity (Wildman–Crippen MR) is 160 cm³/mol. The molecular formula is C28H30N6O11. The number of nitrogens with zero attached hydrogens (tertiary/aromatic N) is 3. The molecule has 0 aromatic heterocycles. The summed E-state index contributed by atoms with van der Waals surface area (Å²) < 4.78 is 15.5. The molecule has 0 atom stereocenters. The van der Waals surface area contributed by atoms with Crippen LogP contribution in [-0.4, -0.2) is 84.8 Å². The van der Waals surface area contributed by atoms with Gasteiger partial charge in [0.05, 0.1) is 29.6 Å². The fourth-order valence-electron chi connectivity index (χ4n) is 4.22. The zero-order valence-corrected chi connectivity index (χ0v) is 24.2. The minimum absolute atomic E-state index is 0.0266. The van der Waals surface area contributed by atoms with E-state index in [4.69, 9.17) is 20.3 Å². The second-order valence-electron chi connectivity index (χ2n) is 9.44. The third-order valence-electron chi connectivity index (χ3n) is 6.48. The first-order valence-corrected chi connectivity index (χ1v) is 13.2. The van der Waals surface area contributed by atoms with Crippen molar-refractivity contribution in [2.24, 2.45) is 11.7 Å². The minimum Gasteiger partial charge on any atom is -0.494 e. The number of nitro benzene ring substituents is 2. The van der Waals surface area contributed by atoms with E-state index in [1.807, 2.05) is 0 Å². The summed E-state index contributed by atoms with van der Waals surface area (Å²) in [6.07, 6.45) is 2.64. The highest BCUT2D eigenvalue weighted by atomic mass is 16.6. The zero-order valence-electron chi connectivity index (χ0n) is 24.2. The van der Waals surface area contributed by atoms with Crippen LogP contribution in [0.2, 0.25) is 0 Å². The first-order chi connectivity index (χ1) is 21.5. The van der Waals surface area contributed by atoms with Gasteiger partial charge in [0.25, 0.3) is 11.4 Å². The van der Waals surface area contributed by atoms with Crippen LogP contribution in [0.5, 0.6) is 11.5 Å². The van der Waals surface area contributed by atoms with Crippen LogP contribution in [0.25, 0.3) is 0 Å². The SMILES string of the molecule is COC(=O)c1cc(OC)c(NC/C=C/CNc2c(OCC#CCC3CN(C(=O)O)C3)cc(C(N)=O)cc2[N+](=O)[O-])c([N+](=O)[O-])c1. The zero-order chi connectivity index (χ0) is 33.1. The molecule has 0 saturated carbocycles. The van der Waals surface area contributed by atoms with Crippen molar-refractivity contribution >= 4 is 40.7 Å². The smallest absolute Gasteiger partial charge is 0.407 e. The van der Waals surface area contributed by atoms with Crippen LogP contribution in [0.15, 0.2) is 36.4 Å². The van der Waals surface area contributed by atoms with Crippen LogP contribution in [0.1, 0.15) is 27.1 Å². The first-order valence-electron chi connectivity index (χ1n) is 13.2. The van der Waals surface area contributed by atoms with Crippen LogP contribution in [0, 0.1) is 38.0 Å². The summed E-state index contributed by atoms with van der Waals surface area (Å²) in [5.74, 6) is 4.11. The molecule has 0 spiro atoms. The Morgan fingerprint density at radius 3 is 2.04 bits per heavy atom. The topological polar surface area (TPSA) is 239 Å². The van der Waals surface area contributed by atoms with Crippen molar-refractivity contribution < 1.29 is 43.5 Å². The van der Waals surface area contributed by atoms with Gasteiger partial charge < -0.3 is 40.6 Å². The number of nitrogens with one attached hydrogen (secondary N) is 2. The van der Waals surface area contributed by atoms with E-state index in [1.165, 1.54) is 24.1 Å². The second kappa shape index (κ2) is 15.4. The van der Waals surface area contributed by atoms with E-state index in [1.54, 1.807) is 12.2 Å². The number of rotatable bonds is 14. The maximum absolute atomic E-state index is 11.9. The number of nitrogens with two attached hydrogens (primary N) is 1. The number of carbonyl (C=O) groups excluding carboxylic acids is 2. The second-order valence-corrected chi connectivity index (χ2v) is 9.44. The molecule has 0 bridgehead atoms. The quantitative estimate of drug-likeness (QED) is 0.0776. The molecule has 1 fully saturated rings. The van der Waals surface area contributed by atoms with Crippen molar-refractivity contribution in [3.63, 3.8) is 0 Å². The Morgan fingerprint density at radius 1 is 0.978 bits per heavy atom. The molecule has 0 aliphatic carbocycles. The molecule has 0 unspecified atom stereocenters. The number of esters is 1. The number of primary amides is 1. The van der Waals surface area contributed by atoms with Crippen molar-refractivity contribution in [2.75, 3.05) is 57.6 Å². The van der Waals surface area contributed by atoms with Gasteiger partial charge in [-0.2, -0.15) is 0 Å². The molecule has 5 N–H and O–H groups in total. The lowest BCUT2D eigenvalue weighted by molar-refractivity contribution is -0.384. The maximum atomic E-state index is 11.9. The fraction of sp³-hybridized carbons (Fsp3) is 0.321. The van der Waals surface area contributed by atoms with Gasteiger partial charge in [0.15, 0.2) is 17.1 Å². The van der Waals surface area contributed by atoms with Crippen molar-refractivity contribution in [1.82, 2.24) is 4.90 Å². The Labute approximate surface area is 256 Å². The van der Waals surface area contributed by atoms with E-state index in [9.17, 15) is 34.6 Å². The average Bonchev–Trinajstić information content (AvgIpc) is 2.98. The van der Waals surface area contributed by atoms with Crippen molar-refractivity contribution in [3.8, 4) is 23.3 Å². The number of carbonyl (C=O) groups is 3. The number of carboxylic acid groups (broad SMARTS) is 1. The van der Waals surface area contributed by atoms with Gasteiger partial charge in [-0.05, 0) is 12.1 Å². The molecule has 1 saturated heterocycles. The van der Waals surface area contributed by atoms with Gasteiger partial charge in [-0.3, -0.25) is 25.0 Å². The van der Waals surface area contributed by atoms with Crippen LogP contribution in [-0.2, 0) is 4.74 Å². The lowest BCUT2D eigenvalue weighted by Crippen LogP contribution is -2.49. The van der Waals surface area contributed by atoms with E-state index in [2.05, 4.69) is 27.2 Å². The van der Waals surface area contributed by atoms with Crippen molar-refractivity contribution in [3.05, 3.63) is 67.8 Å². The molecule has 2 amide bonds. The number of anilines is 2.